The summed E-state index contributed by atoms with van der Waals surface area (Å²) in [4.78, 5) is 241. The predicted molar refractivity (Wildman–Crippen MR) is 496 cm³/mol. The number of fused-ring (bicyclic) bond motifs is 3. The maximum atomic E-state index is 14.6. The molecule has 0 spiro atoms. The van der Waals surface area contributed by atoms with Crippen LogP contribution in [0.5, 0.6) is 0 Å². The number of piperidine rings is 3. The van der Waals surface area contributed by atoms with Crippen molar-refractivity contribution in [3.8, 4) is 0 Å². The molecule has 10 aliphatic rings. The third-order valence-corrected chi connectivity index (χ3v) is 29.2. The van der Waals surface area contributed by atoms with Gasteiger partial charge in [0, 0.05) is 19.6 Å². The topological polar surface area (TPSA) is 544 Å². The van der Waals surface area contributed by atoms with Crippen LogP contribution in [0, 0.1) is 102 Å². The fourth-order valence-electron chi connectivity index (χ4n) is 20.3. The highest BCUT2D eigenvalue weighted by Crippen LogP contribution is 2.67. The van der Waals surface area contributed by atoms with Crippen LogP contribution in [0.3, 0.4) is 0 Å². The van der Waals surface area contributed by atoms with Gasteiger partial charge in [0.05, 0.1) is 24.4 Å². The number of urea groups is 3. The first-order valence-electron chi connectivity index (χ1n) is 48.0. The van der Waals surface area contributed by atoms with Crippen LogP contribution < -0.4 is 65.1 Å². The summed E-state index contributed by atoms with van der Waals surface area (Å²) in [7, 11) is 0. The van der Waals surface area contributed by atoms with Gasteiger partial charge >= 0.3 is 36.0 Å². The second kappa shape index (κ2) is 40.4. The number of amides is 15. The van der Waals surface area contributed by atoms with Crippen LogP contribution in [0.1, 0.15) is 276 Å². The van der Waals surface area contributed by atoms with E-state index in [1.807, 2.05) is 55.4 Å². The molecule has 37 heteroatoms. The number of ether oxygens (including phenoxy) is 3. The van der Waals surface area contributed by atoms with E-state index in [9.17, 15) is 86.3 Å². The highest BCUT2D eigenvalue weighted by Gasteiger charge is 2.73. The highest BCUT2D eigenvalue weighted by molar-refractivity contribution is 6.39. The predicted octanol–water partition coefficient (Wildman–Crippen LogP) is 6.98. The summed E-state index contributed by atoms with van der Waals surface area (Å²) >= 11 is 0. The lowest BCUT2D eigenvalue weighted by Crippen LogP contribution is -2.63. The van der Waals surface area contributed by atoms with Gasteiger partial charge in [-0.25, -0.2) is 28.8 Å². The molecule has 7 aliphatic carbocycles. The van der Waals surface area contributed by atoms with Crippen LogP contribution in [0.25, 0.3) is 0 Å². The van der Waals surface area contributed by atoms with Gasteiger partial charge in [-0.1, -0.05) is 197 Å². The molecule has 7 saturated carbocycles. The molecule has 15 amide bonds. The Morgan fingerprint density at radius 2 is 0.711 bits per heavy atom. The van der Waals surface area contributed by atoms with Crippen LogP contribution in [0.4, 0.5) is 14.4 Å². The lowest BCUT2D eigenvalue weighted by Gasteiger charge is -2.40. The maximum absolute atomic E-state index is 14.6. The smallest absolute Gasteiger partial charge is 0.329 e. The second-order valence-electron chi connectivity index (χ2n) is 48.4. The Labute approximate surface area is 794 Å². The molecule has 10 fully saturated rings. The standard InChI is InChI=1S/C34H55N5O7.C33H49N5O8.C31H51N5O7/c1-31(2,3)25(29(44)46-32(4,5)6)38-30(45)37-24(34(9)14-10-11-15-34)28(43)39-17-19-21(33(19,7)8)22(39)27(42)36-20(16-18-12-13-18)23(40)26(35)41;1-31(2,3)24(36-30(44)37-25(32(4,5)6)29(43)46-16-18-10-9-13-45-18)28(42)38-15-19-21(33(19,7)8)22(38)27(41)35-20(14-17-11-12-17)23(39)26(34)40;1-15(2)20(27(41)43-30(6,7)8)34-28(42)35-23(29(3,4)5)26(40)36-14-17-19(31(17,9)10)21(36)25(39)33-18(13-16-11-12-16)22(37)24(32)38/h18-22,24-25H,10-17H2,1-9H3,(H2,35,41)(H,36,42)(H2,37,38,45);9-10,13,17,19-22,24-25H,11-12,14-16H2,1-8H3,(H2,34,40)(H,35,41)(H2,36,37,44);15-21,23H,11-14H2,1-10H3,(H2,32,38)(H,33,39)(H2,34,35,42)/t2*19-,20?,21-,22-,24+,25+;17-,18?,19-,20-,21-,23+/m000/s1. The van der Waals surface area contributed by atoms with Crippen molar-refractivity contribution < 1.29 is 105 Å². The molecule has 15 N–H and O–H groups in total. The Bertz CT molecular complexity index is 4670. The molecule has 0 bridgehead atoms. The number of ketones is 3. The lowest BCUT2D eigenvalue weighted by molar-refractivity contribution is -0.160. The van der Waals surface area contributed by atoms with E-state index in [-0.39, 0.29) is 87.9 Å². The zero-order valence-corrected chi connectivity index (χ0v) is 84.5. The lowest BCUT2D eigenvalue weighted by atomic mass is 9.79. The highest BCUT2D eigenvalue weighted by atomic mass is 16.6. The van der Waals surface area contributed by atoms with Gasteiger partial charge in [0.2, 0.25) is 52.8 Å². The number of furan rings is 1. The fourth-order valence-corrected chi connectivity index (χ4v) is 20.3. The number of Topliss-reactive ketones (excluding diaryl/α,β-unsaturated/α-hetero) is 3. The fraction of sp³-hybridized carbons (Fsp3) is 0.776. The van der Waals surface area contributed by atoms with E-state index in [4.69, 9.17) is 35.8 Å². The Hall–Kier alpha value is -10.3. The third-order valence-electron chi connectivity index (χ3n) is 29.2. The number of esters is 3. The van der Waals surface area contributed by atoms with E-state index in [1.165, 1.54) is 16.1 Å². The van der Waals surface area contributed by atoms with Crippen molar-refractivity contribution in [2.75, 3.05) is 19.6 Å². The number of hydrogen-bond donors (Lipinski definition) is 12. The average molecular weight is 1900 g/mol. The van der Waals surface area contributed by atoms with Crippen molar-refractivity contribution in [2.24, 2.45) is 120 Å². The van der Waals surface area contributed by atoms with E-state index < -0.39 is 211 Å². The zero-order chi connectivity index (χ0) is 102. The monoisotopic (exact) mass is 1890 g/mol. The van der Waals surface area contributed by atoms with E-state index in [0.29, 0.717) is 57.5 Å². The van der Waals surface area contributed by atoms with Crippen LogP contribution in [-0.2, 0) is 92.7 Å². The quantitative estimate of drug-likeness (QED) is 0.0188. The summed E-state index contributed by atoms with van der Waals surface area (Å²) in [5.74, 6) is -9.83. The maximum Gasteiger partial charge on any atom is 0.329 e. The summed E-state index contributed by atoms with van der Waals surface area (Å²) in [6, 6.07) is -10.6. The Kier molecular flexibility index (Phi) is 32.5. The summed E-state index contributed by atoms with van der Waals surface area (Å²) in [6.45, 7) is 50.7. The zero-order valence-electron chi connectivity index (χ0n) is 84.5. The average Bonchev–Trinajstić information content (AvgIpc) is 1.53. The normalized spacial score (nSPS) is 25.0. The van der Waals surface area contributed by atoms with Gasteiger partial charge in [-0.05, 0) is 188 Å². The van der Waals surface area contributed by atoms with Crippen molar-refractivity contribution in [2.45, 2.75) is 361 Å². The molecule has 18 atom stereocenters. The van der Waals surface area contributed by atoms with Crippen molar-refractivity contribution >= 4 is 107 Å². The minimum absolute atomic E-state index is 0.0459. The molecule has 3 unspecified atom stereocenters. The Morgan fingerprint density at radius 3 is 1.01 bits per heavy atom. The Balaban J connectivity index is 0.000000227. The Morgan fingerprint density at radius 1 is 0.407 bits per heavy atom. The van der Waals surface area contributed by atoms with Crippen molar-refractivity contribution in [3.05, 3.63) is 24.2 Å². The molecule has 3 aliphatic heterocycles. The van der Waals surface area contributed by atoms with Crippen LogP contribution in [0.2, 0.25) is 0 Å². The van der Waals surface area contributed by atoms with E-state index in [0.717, 1.165) is 51.4 Å². The first-order chi connectivity index (χ1) is 61.8. The van der Waals surface area contributed by atoms with Gasteiger partial charge in [-0.2, -0.15) is 0 Å². The first-order valence-corrected chi connectivity index (χ1v) is 48.0. The molecule has 4 heterocycles. The first kappa shape index (κ1) is 108. The summed E-state index contributed by atoms with van der Waals surface area (Å²) < 4.78 is 21.7. The van der Waals surface area contributed by atoms with Gasteiger partial charge in [0.25, 0.3) is 17.7 Å². The molecule has 754 valence electrons. The molecule has 3 saturated heterocycles. The molecule has 1 aromatic heterocycles. The number of likely N-dealkylation sites (tertiary alicyclic amines) is 3. The number of rotatable bonds is 34. The summed E-state index contributed by atoms with van der Waals surface area (Å²) in [6.07, 6.45) is 11.1. The molecule has 0 aromatic carbocycles. The van der Waals surface area contributed by atoms with E-state index >= 15 is 0 Å². The van der Waals surface area contributed by atoms with Gasteiger partial charge in [-0.3, -0.25) is 57.5 Å². The minimum atomic E-state index is -1.11. The van der Waals surface area contributed by atoms with Crippen molar-refractivity contribution in [1.82, 2.24) is 62.6 Å². The summed E-state index contributed by atoms with van der Waals surface area (Å²) in [5, 5.41) is 24.9. The number of nitrogens with zero attached hydrogens (tertiary/aromatic N) is 3. The van der Waals surface area contributed by atoms with Gasteiger partial charge in [-0.15, -0.1) is 0 Å². The number of hydrogen-bond acceptors (Lipinski definition) is 22. The van der Waals surface area contributed by atoms with Gasteiger partial charge in [0.15, 0.2) is 0 Å². The molecule has 37 nitrogen and oxygen atoms in total. The van der Waals surface area contributed by atoms with Crippen molar-refractivity contribution in [3.63, 3.8) is 0 Å². The second-order valence-corrected chi connectivity index (χ2v) is 48.4. The van der Waals surface area contributed by atoms with Crippen LogP contribution in [-0.4, -0.2) is 225 Å². The number of primary amides is 3. The number of nitrogens with one attached hydrogen (secondary N) is 9. The molecule has 135 heavy (non-hydrogen) atoms. The number of nitrogens with two attached hydrogens (primary N) is 3. The molecular weight excluding hydrogens is 1740 g/mol. The molecule has 11 rings (SSSR count). The molecule has 0 radical (unpaired) electrons. The van der Waals surface area contributed by atoms with Crippen LogP contribution >= 0.6 is 0 Å². The van der Waals surface area contributed by atoms with Crippen LogP contribution in [0.15, 0.2) is 22.8 Å². The molecule has 1 aromatic rings. The largest absolute Gasteiger partial charge is 0.466 e. The molecular formula is C98H155N15O22. The number of carbonyl (C=O) groups is 18. The minimum Gasteiger partial charge on any atom is -0.466 e. The summed E-state index contributed by atoms with van der Waals surface area (Å²) in [5.41, 5.74) is 10.2. The van der Waals surface area contributed by atoms with E-state index in [2.05, 4.69) is 61.7 Å². The van der Waals surface area contributed by atoms with E-state index in [1.54, 1.807) is 135 Å². The van der Waals surface area contributed by atoms with Gasteiger partial charge < -0.3 is 98.4 Å². The van der Waals surface area contributed by atoms with Crippen molar-refractivity contribution in [1.29, 1.82) is 0 Å². The third kappa shape index (κ3) is 26.8. The number of carbonyl (C=O) groups excluding carboxylic acids is 18. The van der Waals surface area contributed by atoms with Gasteiger partial charge in [0.1, 0.15) is 77.9 Å². The SMILES string of the molecule is CC(C)(C)OC(=O)[C@@H](NC(=O)N[C@H](C(=O)N1C[C@H]2[C@@H]([C@H]1C(=O)NC(CC1CC1)C(=O)C(N)=O)C2(C)C)C1(C)CCCC1)C(C)(C)C.CC(C)(C)[C@H](NC(=O)N[C@H](C(=O)N1C[C@H]2[C@@H]([C@H]1C(=O)NC(CC1CC1)C(=O)C(N)=O)C2(C)C)C(C)(C)C)C(=O)OCc1ccco1.CC(C)[C@H](NC(=O)N[C@H](C(=O)N1C[C@H]2[C@@H]([C@H]1C(=O)NC(CC1CC1)C(=O)C(N)=O)C2(C)C)C(C)(C)C)C(=O)OC(C)(C)C.